The van der Waals surface area contributed by atoms with Crippen molar-refractivity contribution < 1.29 is 4.74 Å². The second-order valence-electron chi connectivity index (χ2n) is 4.54. The van der Waals surface area contributed by atoms with Crippen LogP contribution in [0.1, 0.15) is 30.4 Å². The third kappa shape index (κ3) is 2.30. The van der Waals surface area contributed by atoms with Crippen LogP contribution >= 0.6 is 23.2 Å². The van der Waals surface area contributed by atoms with Gasteiger partial charge in [-0.25, -0.2) is 0 Å². The number of nitrogens with zero attached hydrogens (tertiary/aromatic N) is 3. The van der Waals surface area contributed by atoms with Gasteiger partial charge < -0.3 is 4.74 Å². The van der Waals surface area contributed by atoms with Crippen LogP contribution in [0, 0.1) is 0 Å². The van der Waals surface area contributed by atoms with Gasteiger partial charge in [0.25, 0.3) is 0 Å². The highest BCUT2D eigenvalue weighted by molar-refractivity contribution is 6.32. The number of aromatic nitrogens is 3. The molecule has 1 aliphatic rings. The van der Waals surface area contributed by atoms with Crippen molar-refractivity contribution >= 4 is 23.2 Å². The average molecular weight is 298 g/mol. The highest BCUT2D eigenvalue weighted by Crippen LogP contribution is 2.40. The number of ether oxygens (including phenoxy) is 1. The van der Waals surface area contributed by atoms with E-state index in [1.165, 1.54) is 0 Å². The van der Waals surface area contributed by atoms with Gasteiger partial charge in [0.2, 0.25) is 0 Å². The molecule has 19 heavy (non-hydrogen) atoms. The molecule has 6 heteroatoms. The maximum absolute atomic E-state index is 6.18. The molecule has 0 amide bonds. The molecule has 4 nitrogen and oxygen atoms in total. The number of halogens is 2. The van der Waals surface area contributed by atoms with Crippen LogP contribution in [0.25, 0.3) is 5.69 Å². The molecule has 0 saturated heterocycles. The van der Waals surface area contributed by atoms with Crippen LogP contribution in [0.4, 0.5) is 0 Å². The lowest BCUT2D eigenvalue weighted by Crippen LogP contribution is -2.04. The molecule has 1 heterocycles. The van der Waals surface area contributed by atoms with E-state index in [1.54, 1.807) is 7.11 Å². The Balaban J connectivity index is 2.09. The summed E-state index contributed by atoms with van der Waals surface area (Å²) in [6.07, 6.45) is 2.31. The van der Waals surface area contributed by atoms with E-state index in [9.17, 15) is 0 Å². The Morgan fingerprint density at radius 3 is 2.74 bits per heavy atom. The van der Waals surface area contributed by atoms with Gasteiger partial charge in [0.1, 0.15) is 11.6 Å². The van der Waals surface area contributed by atoms with Crippen molar-refractivity contribution in [2.75, 3.05) is 7.11 Å². The Bertz CT molecular complexity index is 608. The number of alkyl halides is 1. The van der Waals surface area contributed by atoms with Gasteiger partial charge >= 0.3 is 0 Å². The van der Waals surface area contributed by atoms with Gasteiger partial charge in [0, 0.05) is 5.92 Å². The third-order valence-corrected chi connectivity index (χ3v) is 3.75. The first-order valence-electron chi connectivity index (χ1n) is 6.08. The Morgan fingerprint density at radius 2 is 2.16 bits per heavy atom. The van der Waals surface area contributed by atoms with Crippen molar-refractivity contribution in [2.45, 2.75) is 24.6 Å². The third-order valence-electron chi connectivity index (χ3n) is 3.21. The molecule has 1 saturated carbocycles. The Labute approximate surface area is 121 Å². The second-order valence-corrected chi connectivity index (χ2v) is 5.21. The van der Waals surface area contributed by atoms with E-state index in [2.05, 4.69) is 10.2 Å². The van der Waals surface area contributed by atoms with Crippen LogP contribution in [-0.2, 0) is 5.88 Å². The van der Waals surface area contributed by atoms with E-state index in [-0.39, 0.29) is 0 Å². The predicted octanol–water partition coefficient (Wildman–Crippen LogP) is 3.55. The van der Waals surface area contributed by atoms with Crippen LogP contribution in [0.2, 0.25) is 5.02 Å². The minimum Gasteiger partial charge on any atom is -0.495 e. The second kappa shape index (κ2) is 5.02. The SMILES string of the molecule is COc1ccc(-n2c(CCl)nnc2C2CC2)cc1Cl. The van der Waals surface area contributed by atoms with Crippen LogP contribution in [0.3, 0.4) is 0 Å². The zero-order valence-electron chi connectivity index (χ0n) is 10.4. The molecule has 3 rings (SSSR count). The van der Waals surface area contributed by atoms with E-state index in [1.807, 2.05) is 22.8 Å². The summed E-state index contributed by atoms with van der Waals surface area (Å²) in [4.78, 5) is 0. The van der Waals surface area contributed by atoms with Crippen molar-refractivity contribution in [3.8, 4) is 11.4 Å². The van der Waals surface area contributed by atoms with Gasteiger partial charge in [0.15, 0.2) is 5.82 Å². The van der Waals surface area contributed by atoms with Crippen molar-refractivity contribution in [1.29, 1.82) is 0 Å². The zero-order valence-corrected chi connectivity index (χ0v) is 11.9. The van der Waals surface area contributed by atoms with Crippen molar-refractivity contribution in [3.63, 3.8) is 0 Å². The number of methoxy groups -OCH3 is 1. The molecular weight excluding hydrogens is 285 g/mol. The lowest BCUT2D eigenvalue weighted by atomic mass is 10.2. The fraction of sp³-hybridized carbons (Fsp3) is 0.385. The van der Waals surface area contributed by atoms with Crippen molar-refractivity contribution in [1.82, 2.24) is 14.8 Å². The molecule has 1 aromatic carbocycles. The quantitative estimate of drug-likeness (QED) is 0.810. The molecule has 0 aliphatic heterocycles. The first kappa shape index (κ1) is 12.8. The molecule has 0 atom stereocenters. The van der Waals surface area contributed by atoms with Gasteiger partial charge in [-0.3, -0.25) is 4.57 Å². The fourth-order valence-corrected chi connectivity index (χ4v) is 2.52. The highest BCUT2D eigenvalue weighted by atomic mass is 35.5. The number of rotatable bonds is 4. The molecule has 1 aromatic heterocycles. The molecule has 0 spiro atoms. The highest BCUT2D eigenvalue weighted by Gasteiger charge is 2.30. The van der Waals surface area contributed by atoms with E-state index < -0.39 is 0 Å². The first-order chi connectivity index (χ1) is 9.24. The van der Waals surface area contributed by atoms with E-state index in [4.69, 9.17) is 27.9 Å². The Hall–Kier alpha value is -1.26. The molecule has 0 N–H and O–H groups in total. The summed E-state index contributed by atoms with van der Waals surface area (Å²) in [5, 5.41) is 8.97. The molecular formula is C13H13Cl2N3O. The van der Waals surface area contributed by atoms with Gasteiger partial charge in [-0.1, -0.05) is 11.6 Å². The Kier molecular flexibility index (Phi) is 3.37. The summed E-state index contributed by atoms with van der Waals surface area (Å²) in [5.41, 5.74) is 0.924. The van der Waals surface area contributed by atoms with Crippen molar-refractivity contribution in [2.24, 2.45) is 0 Å². The summed E-state index contributed by atoms with van der Waals surface area (Å²) in [6.45, 7) is 0. The van der Waals surface area contributed by atoms with E-state index in [0.717, 1.165) is 30.2 Å². The lowest BCUT2D eigenvalue weighted by molar-refractivity contribution is 0.415. The summed E-state index contributed by atoms with van der Waals surface area (Å²) in [6, 6.07) is 5.63. The van der Waals surface area contributed by atoms with Crippen LogP contribution in [0.15, 0.2) is 18.2 Å². The lowest BCUT2D eigenvalue weighted by Gasteiger charge is -2.11. The Morgan fingerprint density at radius 1 is 1.37 bits per heavy atom. The number of hydrogen-bond donors (Lipinski definition) is 0. The van der Waals surface area contributed by atoms with E-state index >= 15 is 0 Å². The molecule has 100 valence electrons. The molecule has 0 unspecified atom stereocenters. The minimum atomic E-state index is 0.323. The van der Waals surface area contributed by atoms with Gasteiger partial charge in [-0.05, 0) is 31.0 Å². The monoisotopic (exact) mass is 297 g/mol. The minimum absolute atomic E-state index is 0.323. The first-order valence-corrected chi connectivity index (χ1v) is 7.00. The van der Waals surface area contributed by atoms with Crippen LogP contribution in [-0.4, -0.2) is 21.9 Å². The normalized spacial score (nSPS) is 14.7. The van der Waals surface area contributed by atoms with Crippen LogP contribution in [0.5, 0.6) is 5.75 Å². The number of benzene rings is 1. The maximum atomic E-state index is 6.18. The molecule has 1 fully saturated rings. The number of hydrogen-bond acceptors (Lipinski definition) is 3. The van der Waals surface area contributed by atoms with Crippen molar-refractivity contribution in [3.05, 3.63) is 34.9 Å². The molecule has 1 aliphatic carbocycles. The molecule has 2 aromatic rings. The maximum Gasteiger partial charge on any atom is 0.152 e. The fourth-order valence-electron chi connectivity index (χ4n) is 2.10. The smallest absolute Gasteiger partial charge is 0.152 e. The van der Waals surface area contributed by atoms with Crippen LogP contribution < -0.4 is 4.74 Å². The van der Waals surface area contributed by atoms with Gasteiger partial charge in [0.05, 0.1) is 23.7 Å². The largest absolute Gasteiger partial charge is 0.495 e. The summed E-state index contributed by atoms with van der Waals surface area (Å²) < 4.78 is 7.16. The summed E-state index contributed by atoms with van der Waals surface area (Å²) in [5.74, 6) is 3.18. The standard InChI is InChI=1S/C13H13Cl2N3O/c1-19-11-5-4-9(6-10(11)15)18-12(7-14)16-17-13(18)8-2-3-8/h4-6,8H,2-3,7H2,1H3. The topological polar surface area (TPSA) is 39.9 Å². The summed E-state index contributed by atoms with van der Waals surface area (Å²) >= 11 is 12.1. The van der Waals surface area contributed by atoms with Gasteiger partial charge in [-0.2, -0.15) is 0 Å². The molecule has 0 bridgehead atoms. The van der Waals surface area contributed by atoms with Gasteiger partial charge in [-0.15, -0.1) is 21.8 Å². The average Bonchev–Trinajstić information content (AvgIpc) is 3.18. The van der Waals surface area contributed by atoms with E-state index in [0.29, 0.717) is 22.6 Å². The summed E-state index contributed by atoms with van der Waals surface area (Å²) in [7, 11) is 1.60. The molecule has 0 radical (unpaired) electrons. The zero-order chi connectivity index (χ0) is 13.4. The predicted molar refractivity (Wildman–Crippen MR) is 74.5 cm³/mol.